The number of halogens is 1. The largest absolute Gasteiger partial charge is 0.399 e. The third kappa shape index (κ3) is 3.21. The molecule has 0 saturated carbocycles. The lowest BCUT2D eigenvalue weighted by atomic mass is 10.2. The Kier molecular flexibility index (Phi) is 3.60. The van der Waals surface area contributed by atoms with Crippen molar-refractivity contribution < 1.29 is 4.39 Å². The Balaban J connectivity index is 2.02. The van der Waals surface area contributed by atoms with Crippen LogP contribution in [-0.2, 0) is 13.2 Å². The highest BCUT2D eigenvalue weighted by atomic mass is 19.1. The van der Waals surface area contributed by atoms with Gasteiger partial charge in [-0.2, -0.15) is 0 Å². The fourth-order valence-corrected chi connectivity index (χ4v) is 1.67. The van der Waals surface area contributed by atoms with E-state index in [-0.39, 0.29) is 0 Å². The third-order valence-electron chi connectivity index (χ3n) is 2.53. The Hall–Kier alpha value is -2.03. The number of benzene rings is 2. The van der Waals surface area contributed by atoms with Crippen molar-refractivity contribution >= 4 is 11.4 Å². The molecule has 88 valence electrons. The Morgan fingerprint density at radius 1 is 1.00 bits per heavy atom. The second-order valence-corrected chi connectivity index (χ2v) is 3.93. The van der Waals surface area contributed by atoms with Gasteiger partial charge < -0.3 is 11.1 Å². The Bertz CT molecular complexity index is 497. The summed E-state index contributed by atoms with van der Waals surface area (Å²) in [5.74, 6) is 0. The van der Waals surface area contributed by atoms with Gasteiger partial charge in [0.2, 0.25) is 0 Å². The lowest BCUT2D eigenvalue weighted by molar-refractivity contribution is 0.485. The lowest BCUT2D eigenvalue weighted by Crippen LogP contribution is -2.00. The highest BCUT2D eigenvalue weighted by molar-refractivity contribution is 5.47. The smallest absolute Gasteiger partial charge is 0.115 e. The van der Waals surface area contributed by atoms with Crippen LogP contribution in [0.4, 0.5) is 15.8 Å². The quantitative estimate of drug-likeness (QED) is 0.790. The minimum atomic E-state index is -0.437. The van der Waals surface area contributed by atoms with Gasteiger partial charge >= 0.3 is 0 Å². The van der Waals surface area contributed by atoms with Gasteiger partial charge in [0.15, 0.2) is 0 Å². The second kappa shape index (κ2) is 5.34. The molecule has 0 aliphatic rings. The van der Waals surface area contributed by atoms with Gasteiger partial charge in [0.1, 0.15) is 6.67 Å². The number of nitrogens with two attached hydrogens (primary N) is 1. The van der Waals surface area contributed by atoms with Gasteiger partial charge in [0.05, 0.1) is 0 Å². The summed E-state index contributed by atoms with van der Waals surface area (Å²) in [7, 11) is 0. The summed E-state index contributed by atoms with van der Waals surface area (Å²) in [6.45, 7) is 0.245. The summed E-state index contributed by atoms with van der Waals surface area (Å²) in [5.41, 5.74) is 9.16. The van der Waals surface area contributed by atoms with Crippen molar-refractivity contribution in [2.24, 2.45) is 0 Å². The second-order valence-electron chi connectivity index (χ2n) is 3.93. The van der Waals surface area contributed by atoms with E-state index >= 15 is 0 Å². The summed E-state index contributed by atoms with van der Waals surface area (Å²) >= 11 is 0. The molecule has 3 N–H and O–H groups in total. The number of anilines is 2. The molecule has 2 nitrogen and oxygen atoms in total. The van der Waals surface area contributed by atoms with Crippen molar-refractivity contribution in [3.8, 4) is 0 Å². The molecule has 0 bridgehead atoms. The van der Waals surface area contributed by atoms with Crippen LogP contribution in [0.3, 0.4) is 0 Å². The van der Waals surface area contributed by atoms with Gasteiger partial charge in [0, 0.05) is 17.9 Å². The van der Waals surface area contributed by atoms with E-state index in [0.29, 0.717) is 12.1 Å². The van der Waals surface area contributed by atoms with Crippen molar-refractivity contribution in [1.29, 1.82) is 0 Å². The van der Waals surface area contributed by atoms with E-state index in [0.717, 1.165) is 16.9 Å². The van der Waals surface area contributed by atoms with Gasteiger partial charge in [-0.3, -0.25) is 0 Å². The molecule has 17 heavy (non-hydrogen) atoms. The van der Waals surface area contributed by atoms with Crippen molar-refractivity contribution in [2.75, 3.05) is 11.1 Å². The van der Waals surface area contributed by atoms with E-state index in [1.54, 1.807) is 6.07 Å². The topological polar surface area (TPSA) is 38.0 Å². The molecule has 3 heteroatoms. The van der Waals surface area contributed by atoms with Crippen LogP contribution < -0.4 is 11.1 Å². The van der Waals surface area contributed by atoms with Crippen LogP contribution >= 0.6 is 0 Å². The molecular weight excluding hydrogens is 215 g/mol. The maximum Gasteiger partial charge on any atom is 0.115 e. The Morgan fingerprint density at radius 2 is 1.76 bits per heavy atom. The maximum atomic E-state index is 12.5. The first kappa shape index (κ1) is 11.5. The van der Waals surface area contributed by atoms with Gasteiger partial charge in [-0.05, 0) is 35.4 Å². The molecule has 0 unspecified atom stereocenters. The van der Waals surface area contributed by atoms with Crippen LogP contribution in [0.5, 0.6) is 0 Å². The zero-order valence-corrected chi connectivity index (χ0v) is 9.49. The number of hydrogen-bond donors (Lipinski definition) is 2. The normalized spacial score (nSPS) is 10.2. The molecule has 2 rings (SSSR count). The van der Waals surface area contributed by atoms with E-state index < -0.39 is 6.67 Å². The average molecular weight is 230 g/mol. The summed E-state index contributed by atoms with van der Waals surface area (Å²) in [6, 6.07) is 15.0. The van der Waals surface area contributed by atoms with Crippen molar-refractivity contribution in [2.45, 2.75) is 13.2 Å². The molecule has 0 fully saturated rings. The van der Waals surface area contributed by atoms with Crippen LogP contribution in [-0.4, -0.2) is 0 Å². The van der Waals surface area contributed by atoms with E-state index in [4.69, 9.17) is 5.73 Å². The molecule has 0 aliphatic carbocycles. The number of rotatable bonds is 4. The molecule has 0 aliphatic heterocycles. The predicted octanol–water partition coefficient (Wildman–Crippen LogP) is 3.35. The van der Waals surface area contributed by atoms with E-state index in [1.165, 1.54) is 0 Å². The molecule has 2 aromatic rings. The first-order valence-electron chi connectivity index (χ1n) is 5.51. The van der Waals surface area contributed by atoms with Crippen molar-refractivity contribution in [1.82, 2.24) is 0 Å². The highest BCUT2D eigenvalue weighted by Crippen LogP contribution is 2.14. The van der Waals surface area contributed by atoms with Crippen LogP contribution in [0.2, 0.25) is 0 Å². The van der Waals surface area contributed by atoms with Crippen LogP contribution in [0.1, 0.15) is 11.1 Å². The van der Waals surface area contributed by atoms with Gasteiger partial charge in [-0.25, -0.2) is 4.39 Å². The lowest BCUT2D eigenvalue weighted by Gasteiger charge is -2.08. The van der Waals surface area contributed by atoms with Crippen LogP contribution in [0.25, 0.3) is 0 Å². The zero-order chi connectivity index (χ0) is 12.1. The molecule has 2 aromatic carbocycles. The summed E-state index contributed by atoms with van der Waals surface area (Å²) < 4.78 is 12.5. The van der Waals surface area contributed by atoms with Crippen LogP contribution in [0.15, 0.2) is 48.5 Å². The summed E-state index contributed by atoms with van der Waals surface area (Å²) in [6.07, 6.45) is 0. The molecule has 0 spiro atoms. The standard InChI is InChI=1S/C14H15FN2/c15-9-11-3-2-6-14(8-11)17-10-12-4-1-5-13(16)7-12/h1-8,17H,9-10,16H2. The van der Waals surface area contributed by atoms with Crippen molar-refractivity contribution in [3.05, 3.63) is 59.7 Å². The van der Waals surface area contributed by atoms with Gasteiger partial charge in [-0.1, -0.05) is 24.3 Å². The molecule has 0 heterocycles. The minimum absolute atomic E-state index is 0.437. The average Bonchev–Trinajstić information content (AvgIpc) is 2.37. The first-order valence-corrected chi connectivity index (χ1v) is 5.51. The number of hydrogen-bond acceptors (Lipinski definition) is 2. The first-order chi connectivity index (χ1) is 8.28. The number of nitrogen functional groups attached to an aromatic ring is 1. The fraction of sp³-hybridized carbons (Fsp3) is 0.143. The third-order valence-corrected chi connectivity index (χ3v) is 2.53. The molecule has 0 aromatic heterocycles. The SMILES string of the molecule is Nc1cccc(CNc2cccc(CF)c2)c1. The summed E-state index contributed by atoms with van der Waals surface area (Å²) in [4.78, 5) is 0. The monoisotopic (exact) mass is 230 g/mol. The molecule has 0 amide bonds. The molecular formula is C14H15FN2. The summed E-state index contributed by atoms with van der Waals surface area (Å²) in [5, 5.41) is 3.24. The van der Waals surface area contributed by atoms with Crippen LogP contribution in [0, 0.1) is 0 Å². The van der Waals surface area contributed by atoms with Gasteiger partial charge in [-0.15, -0.1) is 0 Å². The van der Waals surface area contributed by atoms with Crippen molar-refractivity contribution in [3.63, 3.8) is 0 Å². The van der Waals surface area contributed by atoms with E-state index in [9.17, 15) is 4.39 Å². The van der Waals surface area contributed by atoms with E-state index in [2.05, 4.69) is 5.32 Å². The highest BCUT2D eigenvalue weighted by Gasteiger charge is 1.96. The zero-order valence-electron chi connectivity index (χ0n) is 9.49. The van der Waals surface area contributed by atoms with Gasteiger partial charge in [0.25, 0.3) is 0 Å². The minimum Gasteiger partial charge on any atom is -0.399 e. The molecule has 0 saturated heterocycles. The number of alkyl halides is 1. The maximum absolute atomic E-state index is 12.5. The Morgan fingerprint density at radius 3 is 2.53 bits per heavy atom. The molecule has 0 radical (unpaired) electrons. The molecule has 0 atom stereocenters. The Labute approximate surface area is 100 Å². The fourth-order valence-electron chi connectivity index (χ4n) is 1.67. The number of nitrogens with one attached hydrogen (secondary N) is 1. The van der Waals surface area contributed by atoms with E-state index in [1.807, 2.05) is 42.5 Å². The predicted molar refractivity (Wildman–Crippen MR) is 69.4 cm³/mol.